The number of ether oxygens (including phenoxy) is 1. The lowest BCUT2D eigenvalue weighted by atomic mass is 9.94. The van der Waals surface area contributed by atoms with Gasteiger partial charge in [0.25, 0.3) is 0 Å². The van der Waals surface area contributed by atoms with E-state index in [-0.39, 0.29) is 10.6 Å². The van der Waals surface area contributed by atoms with E-state index in [0.29, 0.717) is 6.54 Å². The largest absolute Gasteiger partial charge is 0.410 e. The van der Waals surface area contributed by atoms with E-state index >= 15 is 0 Å². The van der Waals surface area contributed by atoms with Gasteiger partial charge in [-0.15, -0.1) is 0 Å². The standard InChI is InChI=1S/C17H32N2O3Si/c1-14-11-15(19-21-14)12-18-13-17(7-9-20-10-8-17)22-23(5,6)16(2,3)4/h11,18H,7-10,12-13H2,1-6H3. The molecule has 0 bridgehead atoms. The SMILES string of the molecule is Cc1cc(CNCC2(O[Si](C)(C)C(C)(C)C)CCOCC2)no1. The van der Waals surface area contributed by atoms with E-state index in [4.69, 9.17) is 13.7 Å². The molecule has 0 aromatic carbocycles. The van der Waals surface area contributed by atoms with Gasteiger partial charge in [-0.1, -0.05) is 25.9 Å². The first kappa shape index (κ1) is 18.6. The summed E-state index contributed by atoms with van der Waals surface area (Å²) in [4.78, 5) is 0. The Balaban J connectivity index is 2.00. The fraction of sp³-hybridized carbons (Fsp3) is 0.824. The van der Waals surface area contributed by atoms with Crippen LogP contribution in [0.5, 0.6) is 0 Å². The number of nitrogens with zero attached hydrogens (tertiary/aromatic N) is 1. The molecule has 23 heavy (non-hydrogen) atoms. The van der Waals surface area contributed by atoms with E-state index in [1.807, 2.05) is 13.0 Å². The zero-order valence-corrected chi connectivity index (χ0v) is 16.5. The number of rotatable bonds is 6. The minimum Gasteiger partial charge on any atom is -0.410 e. The molecule has 0 saturated carbocycles. The van der Waals surface area contributed by atoms with Crippen LogP contribution in [-0.4, -0.2) is 38.8 Å². The first-order chi connectivity index (χ1) is 10.6. The van der Waals surface area contributed by atoms with Crippen molar-refractivity contribution in [3.63, 3.8) is 0 Å². The lowest BCUT2D eigenvalue weighted by Crippen LogP contribution is -2.56. The zero-order valence-electron chi connectivity index (χ0n) is 15.5. The predicted molar refractivity (Wildman–Crippen MR) is 94.0 cm³/mol. The quantitative estimate of drug-likeness (QED) is 0.801. The van der Waals surface area contributed by atoms with Crippen molar-refractivity contribution in [2.75, 3.05) is 19.8 Å². The van der Waals surface area contributed by atoms with Crippen LogP contribution in [0.15, 0.2) is 10.6 Å². The van der Waals surface area contributed by atoms with E-state index in [9.17, 15) is 0 Å². The smallest absolute Gasteiger partial charge is 0.192 e. The molecule has 0 aliphatic carbocycles. The van der Waals surface area contributed by atoms with Crippen LogP contribution in [-0.2, 0) is 15.7 Å². The molecule has 1 aromatic heterocycles. The second-order valence-electron chi connectivity index (χ2n) is 8.19. The number of nitrogens with one attached hydrogen (secondary N) is 1. The maximum atomic E-state index is 6.83. The second kappa shape index (κ2) is 7.05. The summed E-state index contributed by atoms with van der Waals surface area (Å²) in [5.41, 5.74) is 0.817. The van der Waals surface area contributed by atoms with Crippen LogP contribution in [0.25, 0.3) is 0 Å². The van der Waals surface area contributed by atoms with Crippen molar-refractivity contribution in [3.05, 3.63) is 17.5 Å². The molecule has 6 heteroatoms. The molecule has 1 saturated heterocycles. The molecule has 2 rings (SSSR count). The van der Waals surface area contributed by atoms with Gasteiger partial charge < -0.3 is 19.0 Å². The highest BCUT2D eigenvalue weighted by Crippen LogP contribution is 2.41. The Morgan fingerprint density at radius 3 is 2.48 bits per heavy atom. The highest BCUT2D eigenvalue weighted by Gasteiger charge is 2.45. The van der Waals surface area contributed by atoms with Gasteiger partial charge in [0.05, 0.1) is 11.3 Å². The van der Waals surface area contributed by atoms with Crippen LogP contribution in [0.3, 0.4) is 0 Å². The van der Waals surface area contributed by atoms with Crippen molar-refractivity contribution >= 4 is 8.32 Å². The zero-order chi connectivity index (χ0) is 17.1. The summed E-state index contributed by atoms with van der Waals surface area (Å²) >= 11 is 0. The van der Waals surface area contributed by atoms with E-state index in [0.717, 1.165) is 44.1 Å². The molecular weight excluding hydrogens is 308 g/mol. The highest BCUT2D eigenvalue weighted by atomic mass is 28.4. The molecule has 0 amide bonds. The maximum absolute atomic E-state index is 6.83. The minimum atomic E-state index is -1.82. The minimum absolute atomic E-state index is 0.125. The van der Waals surface area contributed by atoms with Crippen LogP contribution in [0.1, 0.15) is 45.1 Å². The Labute approximate surface area is 141 Å². The van der Waals surface area contributed by atoms with Gasteiger partial charge >= 0.3 is 0 Å². The third-order valence-corrected chi connectivity index (χ3v) is 9.67. The van der Waals surface area contributed by atoms with Gasteiger partial charge in [-0.05, 0) is 37.9 Å². The third kappa shape index (κ3) is 4.89. The van der Waals surface area contributed by atoms with Gasteiger partial charge in [0.1, 0.15) is 5.76 Å². The van der Waals surface area contributed by atoms with Crippen molar-refractivity contribution in [2.24, 2.45) is 0 Å². The molecule has 1 aliphatic rings. The summed E-state index contributed by atoms with van der Waals surface area (Å²) < 4.78 is 17.5. The van der Waals surface area contributed by atoms with Crippen molar-refractivity contribution in [3.8, 4) is 0 Å². The van der Waals surface area contributed by atoms with Gasteiger partial charge in [-0.25, -0.2) is 0 Å². The molecule has 1 aromatic rings. The van der Waals surface area contributed by atoms with E-state index in [1.54, 1.807) is 0 Å². The Morgan fingerprint density at radius 2 is 1.96 bits per heavy atom. The summed E-state index contributed by atoms with van der Waals surface area (Å²) in [6.45, 7) is 16.5. The molecular formula is C17H32N2O3Si. The van der Waals surface area contributed by atoms with Crippen LogP contribution < -0.4 is 5.32 Å². The van der Waals surface area contributed by atoms with Crippen LogP contribution in [0.2, 0.25) is 18.1 Å². The van der Waals surface area contributed by atoms with Crippen LogP contribution >= 0.6 is 0 Å². The van der Waals surface area contributed by atoms with Crippen LogP contribution in [0, 0.1) is 6.92 Å². The average Bonchev–Trinajstić information content (AvgIpc) is 2.83. The van der Waals surface area contributed by atoms with E-state index in [2.05, 4.69) is 44.3 Å². The topological polar surface area (TPSA) is 56.5 Å². The molecule has 1 N–H and O–H groups in total. The Bertz CT molecular complexity index is 502. The molecule has 132 valence electrons. The molecule has 2 heterocycles. The van der Waals surface area contributed by atoms with Gasteiger partial charge in [-0.2, -0.15) is 0 Å². The number of hydrogen-bond acceptors (Lipinski definition) is 5. The van der Waals surface area contributed by atoms with Gasteiger partial charge in [-0.3, -0.25) is 0 Å². The number of aromatic nitrogens is 1. The van der Waals surface area contributed by atoms with Crippen molar-refractivity contribution in [1.82, 2.24) is 10.5 Å². The normalized spacial score (nSPS) is 19.0. The van der Waals surface area contributed by atoms with Gasteiger partial charge in [0, 0.05) is 32.4 Å². The van der Waals surface area contributed by atoms with Gasteiger partial charge in [0.15, 0.2) is 8.32 Å². The predicted octanol–water partition coefficient (Wildman–Crippen LogP) is 3.64. The molecule has 0 atom stereocenters. The fourth-order valence-electron chi connectivity index (χ4n) is 2.67. The Kier molecular flexibility index (Phi) is 5.71. The third-order valence-electron chi connectivity index (χ3n) is 5.11. The van der Waals surface area contributed by atoms with E-state index in [1.165, 1.54) is 0 Å². The fourth-order valence-corrected chi connectivity index (χ4v) is 4.34. The molecule has 5 nitrogen and oxygen atoms in total. The highest BCUT2D eigenvalue weighted by molar-refractivity contribution is 6.74. The Hall–Kier alpha value is -0.693. The summed E-state index contributed by atoms with van der Waals surface area (Å²) in [6, 6.07) is 1.97. The van der Waals surface area contributed by atoms with Crippen molar-refractivity contribution in [1.29, 1.82) is 0 Å². The molecule has 0 radical (unpaired) electrons. The maximum Gasteiger partial charge on any atom is 0.192 e. The van der Waals surface area contributed by atoms with E-state index < -0.39 is 8.32 Å². The van der Waals surface area contributed by atoms with Crippen molar-refractivity contribution < 1.29 is 13.7 Å². The summed E-state index contributed by atoms with van der Waals surface area (Å²) in [6.07, 6.45) is 1.90. The Morgan fingerprint density at radius 1 is 1.30 bits per heavy atom. The average molecular weight is 341 g/mol. The lowest BCUT2D eigenvalue weighted by Gasteiger charge is -2.47. The number of aryl methyl sites for hydroxylation is 1. The molecule has 1 fully saturated rings. The summed E-state index contributed by atoms with van der Waals surface area (Å²) in [5, 5.41) is 7.77. The monoisotopic (exact) mass is 340 g/mol. The summed E-state index contributed by atoms with van der Waals surface area (Å²) in [7, 11) is -1.82. The van der Waals surface area contributed by atoms with Gasteiger partial charge in [0.2, 0.25) is 0 Å². The summed E-state index contributed by atoms with van der Waals surface area (Å²) in [5.74, 6) is 0.847. The molecule has 0 spiro atoms. The van der Waals surface area contributed by atoms with Crippen LogP contribution in [0.4, 0.5) is 0 Å². The van der Waals surface area contributed by atoms with Crippen molar-refractivity contribution in [2.45, 2.75) is 70.8 Å². The first-order valence-corrected chi connectivity index (χ1v) is 11.5. The lowest BCUT2D eigenvalue weighted by molar-refractivity contribution is -0.0527. The molecule has 0 unspecified atom stereocenters. The molecule has 1 aliphatic heterocycles. The second-order valence-corrected chi connectivity index (χ2v) is 12.9. The number of hydrogen-bond donors (Lipinski definition) is 1. The first-order valence-electron chi connectivity index (χ1n) is 8.54.